The highest BCUT2D eigenvalue weighted by atomic mass is 35.5. The summed E-state index contributed by atoms with van der Waals surface area (Å²) >= 11 is 5.61. The second kappa shape index (κ2) is 6.39. The SMILES string of the molecule is CC1C(OC(=O)c2c(C(F)(F)F)ccc(Cl)c2F)C2(O)N3C(N)=NC4C(CO)N=C(N)N1C432. The molecule has 2 saturated heterocycles. The molecule has 0 aromatic heterocycles. The number of halogens is 5. The van der Waals surface area contributed by atoms with Gasteiger partial charge in [-0.2, -0.15) is 13.2 Å². The van der Waals surface area contributed by atoms with Gasteiger partial charge in [-0.15, -0.1) is 0 Å². The first-order valence-electron chi connectivity index (χ1n) is 9.69. The van der Waals surface area contributed by atoms with Crippen molar-refractivity contribution in [2.24, 2.45) is 21.5 Å². The van der Waals surface area contributed by atoms with E-state index in [2.05, 4.69) is 9.98 Å². The zero-order valence-corrected chi connectivity index (χ0v) is 17.5. The van der Waals surface area contributed by atoms with Crippen LogP contribution in [-0.2, 0) is 10.9 Å². The molecule has 0 bridgehead atoms. The quantitative estimate of drug-likeness (QED) is 0.258. The standard InChI is InChI=1S/C18H17ClF4N6O4/c1-5-12(33-13(31)9-6(18(21,22)23)2-3-7(19)10(9)20)17(32)16-11(27-15(25)29(16)17)8(4-30)26-14(24)28(5)16/h2-3,5,8,11-12,30,32H,4H2,1H3,(H2,24,26)(H2,25,27). The molecule has 0 radical (unpaired) electrons. The van der Waals surface area contributed by atoms with Crippen molar-refractivity contribution >= 4 is 29.5 Å². The first-order chi connectivity index (χ1) is 15.3. The lowest BCUT2D eigenvalue weighted by Crippen LogP contribution is -2.62. The number of aliphatic hydroxyl groups excluding tert-OH is 1. The maximum atomic E-state index is 14.6. The molecule has 6 unspecified atom stereocenters. The van der Waals surface area contributed by atoms with Crippen molar-refractivity contribution in [3.63, 3.8) is 0 Å². The largest absolute Gasteiger partial charge is 0.451 e. The van der Waals surface area contributed by atoms with Crippen LogP contribution in [0.3, 0.4) is 0 Å². The number of aliphatic hydroxyl groups is 2. The predicted molar refractivity (Wildman–Crippen MR) is 104 cm³/mol. The Morgan fingerprint density at radius 1 is 1.30 bits per heavy atom. The van der Waals surface area contributed by atoms with Gasteiger partial charge in [-0.3, -0.25) is 4.90 Å². The van der Waals surface area contributed by atoms with E-state index >= 15 is 0 Å². The Hall–Kier alpha value is -2.84. The molecule has 4 heterocycles. The molecule has 0 aliphatic carbocycles. The van der Waals surface area contributed by atoms with E-state index in [0.717, 1.165) is 0 Å². The van der Waals surface area contributed by atoms with Gasteiger partial charge >= 0.3 is 12.1 Å². The van der Waals surface area contributed by atoms with Gasteiger partial charge in [0.15, 0.2) is 29.5 Å². The fraction of sp³-hybridized carbons (Fsp3) is 0.500. The number of ether oxygens (including phenoxy) is 1. The fourth-order valence-electron chi connectivity index (χ4n) is 5.43. The van der Waals surface area contributed by atoms with Crippen LogP contribution in [0.1, 0.15) is 22.8 Å². The number of carbonyl (C=O) groups excluding carboxylic acids is 1. The van der Waals surface area contributed by atoms with E-state index in [9.17, 15) is 32.6 Å². The molecule has 6 N–H and O–H groups in total. The van der Waals surface area contributed by atoms with Crippen LogP contribution in [0.4, 0.5) is 17.6 Å². The molecular weight excluding hydrogens is 476 g/mol. The van der Waals surface area contributed by atoms with Crippen molar-refractivity contribution in [2.75, 3.05) is 6.61 Å². The summed E-state index contributed by atoms with van der Waals surface area (Å²) < 4.78 is 60.2. The summed E-state index contributed by atoms with van der Waals surface area (Å²) in [5.74, 6) is -3.57. The van der Waals surface area contributed by atoms with Gasteiger partial charge in [-0.25, -0.2) is 19.2 Å². The number of alkyl halides is 3. The summed E-state index contributed by atoms with van der Waals surface area (Å²) in [6, 6.07) is -1.56. The number of aliphatic imine (C=N–C) groups is 2. The van der Waals surface area contributed by atoms with Gasteiger partial charge in [0.25, 0.3) is 0 Å². The Balaban J connectivity index is 1.57. The molecular formula is C18H17ClF4N6O4. The molecule has 0 amide bonds. The molecule has 33 heavy (non-hydrogen) atoms. The number of nitrogens with zero attached hydrogens (tertiary/aromatic N) is 4. The first-order valence-corrected chi connectivity index (χ1v) is 10.1. The molecule has 4 aliphatic heterocycles. The van der Waals surface area contributed by atoms with Crippen LogP contribution in [0.25, 0.3) is 0 Å². The van der Waals surface area contributed by atoms with Crippen LogP contribution in [0.5, 0.6) is 0 Å². The van der Waals surface area contributed by atoms with Crippen molar-refractivity contribution in [1.29, 1.82) is 0 Å². The van der Waals surface area contributed by atoms with Crippen LogP contribution in [0, 0.1) is 5.82 Å². The Kier molecular flexibility index (Phi) is 4.25. The van der Waals surface area contributed by atoms with Gasteiger partial charge in [0.1, 0.15) is 17.6 Å². The van der Waals surface area contributed by atoms with Crippen LogP contribution >= 0.6 is 11.6 Å². The van der Waals surface area contributed by atoms with Crippen molar-refractivity contribution in [3.8, 4) is 0 Å². The zero-order chi connectivity index (χ0) is 24.2. The maximum Gasteiger partial charge on any atom is 0.417 e. The molecule has 6 atom stereocenters. The maximum absolute atomic E-state index is 14.6. The van der Waals surface area contributed by atoms with Gasteiger partial charge in [0.2, 0.25) is 5.72 Å². The van der Waals surface area contributed by atoms with Gasteiger partial charge in [-0.1, -0.05) is 11.6 Å². The predicted octanol–water partition coefficient (Wildman–Crippen LogP) is -0.186. The van der Waals surface area contributed by atoms with Gasteiger partial charge in [0, 0.05) is 0 Å². The number of benzene rings is 1. The highest BCUT2D eigenvalue weighted by molar-refractivity contribution is 6.31. The summed E-state index contributed by atoms with van der Waals surface area (Å²) in [4.78, 5) is 23.8. The van der Waals surface area contributed by atoms with E-state index in [1.165, 1.54) is 16.7 Å². The van der Waals surface area contributed by atoms with Crippen molar-refractivity contribution in [3.05, 3.63) is 34.1 Å². The summed E-state index contributed by atoms with van der Waals surface area (Å²) in [5, 5.41) is 20.5. The fourth-order valence-corrected chi connectivity index (χ4v) is 5.59. The van der Waals surface area contributed by atoms with E-state index < -0.39 is 76.3 Å². The Bertz CT molecular complexity index is 1150. The lowest BCUT2D eigenvalue weighted by atomic mass is 9.95. The van der Waals surface area contributed by atoms with E-state index in [0.29, 0.717) is 12.1 Å². The van der Waals surface area contributed by atoms with Crippen LogP contribution in [0.2, 0.25) is 5.02 Å². The molecule has 15 heteroatoms. The average molecular weight is 493 g/mol. The third kappa shape index (κ3) is 2.38. The Morgan fingerprint density at radius 2 is 1.97 bits per heavy atom. The summed E-state index contributed by atoms with van der Waals surface area (Å²) in [6.45, 7) is 1.00. The second-order valence-electron chi connectivity index (χ2n) is 8.18. The lowest BCUT2D eigenvalue weighted by Gasteiger charge is -2.40. The second-order valence-corrected chi connectivity index (χ2v) is 8.58. The van der Waals surface area contributed by atoms with Crippen molar-refractivity contribution in [2.45, 2.75) is 48.7 Å². The number of hydrogen-bond acceptors (Lipinski definition) is 10. The van der Waals surface area contributed by atoms with E-state index in [1.54, 1.807) is 0 Å². The molecule has 10 nitrogen and oxygen atoms in total. The summed E-state index contributed by atoms with van der Waals surface area (Å²) in [7, 11) is 0. The highest BCUT2D eigenvalue weighted by Crippen LogP contribution is 2.67. The zero-order valence-electron chi connectivity index (χ0n) is 16.7. The molecule has 1 aromatic carbocycles. The molecule has 1 spiro atoms. The summed E-state index contributed by atoms with van der Waals surface area (Å²) in [6.07, 6.45) is -6.62. The van der Waals surface area contributed by atoms with Crippen LogP contribution in [0.15, 0.2) is 22.1 Å². The van der Waals surface area contributed by atoms with E-state index in [4.69, 9.17) is 27.8 Å². The number of hydrogen-bond donors (Lipinski definition) is 4. The minimum absolute atomic E-state index is 0.118. The van der Waals surface area contributed by atoms with Crippen molar-refractivity contribution < 1.29 is 37.3 Å². The normalized spacial score (nSPS) is 36.2. The molecule has 1 aromatic rings. The number of carbonyl (C=O) groups is 1. The molecule has 0 saturated carbocycles. The molecule has 4 aliphatic rings. The number of esters is 1. The topological polar surface area (TPSA) is 150 Å². The van der Waals surface area contributed by atoms with E-state index in [1.807, 2.05) is 0 Å². The van der Waals surface area contributed by atoms with Crippen LogP contribution < -0.4 is 11.5 Å². The number of fused-ring (bicyclic) bond motifs is 1. The first kappa shape index (κ1) is 22.0. The Morgan fingerprint density at radius 3 is 2.58 bits per heavy atom. The average Bonchev–Trinajstić information content (AvgIpc) is 2.99. The van der Waals surface area contributed by atoms with Crippen molar-refractivity contribution in [1.82, 2.24) is 9.80 Å². The lowest BCUT2D eigenvalue weighted by molar-refractivity contribution is -0.138. The highest BCUT2D eigenvalue weighted by Gasteiger charge is 2.95. The third-order valence-corrected chi connectivity index (χ3v) is 6.92. The minimum atomic E-state index is -5.08. The smallest absolute Gasteiger partial charge is 0.417 e. The molecule has 178 valence electrons. The number of rotatable bonds is 3. The van der Waals surface area contributed by atoms with Gasteiger partial charge < -0.3 is 31.3 Å². The number of guanidine groups is 2. The number of nitrogens with two attached hydrogens (primary N) is 2. The van der Waals surface area contributed by atoms with E-state index in [-0.39, 0.29) is 11.9 Å². The monoisotopic (exact) mass is 492 g/mol. The molecule has 5 rings (SSSR count). The summed E-state index contributed by atoms with van der Waals surface area (Å²) in [5.41, 5.74) is 5.46. The third-order valence-electron chi connectivity index (χ3n) is 6.63. The van der Waals surface area contributed by atoms with Crippen LogP contribution in [-0.4, -0.2) is 80.1 Å². The van der Waals surface area contributed by atoms with Gasteiger partial charge in [0.05, 0.1) is 23.2 Å². The Labute approximate surface area is 188 Å². The minimum Gasteiger partial charge on any atom is -0.451 e. The van der Waals surface area contributed by atoms with Gasteiger partial charge in [-0.05, 0) is 19.1 Å². The molecule has 2 fully saturated rings.